The molecule has 0 aliphatic carbocycles. The molecule has 0 saturated carbocycles. The maximum absolute atomic E-state index is 13.2. The smallest absolute Gasteiger partial charge is 0.342 e. The fourth-order valence-corrected chi connectivity index (χ4v) is 4.99. The molecule has 178 valence electrons. The Morgan fingerprint density at radius 2 is 1.65 bits per heavy atom. The molecule has 4 aromatic rings. The minimum atomic E-state index is -3.92. The molecule has 0 radical (unpaired) electrons. The fraction of sp³-hybridized carbons (Fsp3) is 0.269. The van der Waals surface area contributed by atoms with Crippen LogP contribution >= 0.6 is 0 Å². The highest BCUT2D eigenvalue weighted by atomic mass is 32.2. The van der Waals surface area contributed by atoms with E-state index in [2.05, 4.69) is 4.72 Å². The van der Waals surface area contributed by atoms with Gasteiger partial charge in [-0.3, -0.25) is 4.72 Å². The van der Waals surface area contributed by atoms with Crippen LogP contribution in [-0.4, -0.2) is 28.1 Å². The maximum Gasteiger partial charge on any atom is 0.342 e. The SMILES string of the molecule is CCOc1ccc(S(=O)(=O)Nc2cc3c(C(=O)OC)c(C(C)(C)C)oc3c3ccccc23)cc1. The Morgan fingerprint density at radius 3 is 2.24 bits per heavy atom. The number of rotatable bonds is 6. The number of esters is 1. The molecule has 0 saturated heterocycles. The van der Waals surface area contributed by atoms with E-state index in [0.717, 1.165) is 0 Å². The van der Waals surface area contributed by atoms with Crippen molar-refractivity contribution >= 4 is 43.4 Å². The van der Waals surface area contributed by atoms with Crippen molar-refractivity contribution in [3.63, 3.8) is 0 Å². The van der Waals surface area contributed by atoms with Gasteiger partial charge in [0.1, 0.15) is 22.7 Å². The summed E-state index contributed by atoms with van der Waals surface area (Å²) >= 11 is 0. The van der Waals surface area contributed by atoms with Gasteiger partial charge in [0, 0.05) is 21.6 Å². The van der Waals surface area contributed by atoms with Gasteiger partial charge in [0.2, 0.25) is 0 Å². The molecule has 0 fully saturated rings. The van der Waals surface area contributed by atoms with Crippen LogP contribution in [0.1, 0.15) is 43.8 Å². The number of methoxy groups -OCH3 is 1. The van der Waals surface area contributed by atoms with E-state index in [1.807, 2.05) is 52.0 Å². The van der Waals surface area contributed by atoms with E-state index in [4.69, 9.17) is 13.9 Å². The summed E-state index contributed by atoms with van der Waals surface area (Å²) in [7, 11) is -2.61. The Balaban J connectivity index is 1.93. The first kappa shape index (κ1) is 23.6. The third kappa shape index (κ3) is 4.21. The molecule has 8 heteroatoms. The van der Waals surface area contributed by atoms with Crippen LogP contribution in [0.2, 0.25) is 0 Å². The van der Waals surface area contributed by atoms with Gasteiger partial charge >= 0.3 is 5.97 Å². The first-order valence-electron chi connectivity index (χ1n) is 10.9. The Bertz CT molecular complexity index is 1480. The monoisotopic (exact) mass is 481 g/mol. The van der Waals surface area contributed by atoms with Crippen molar-refractivity contribution in [2.75, 3.05) is 18.4 Å². The standard InChI is InChI=1S/C26H27NO6S/c1-6-32-16-11-13-17(14-12-16)34(29,30)27-21-15-20-22(25(28)31-5)24(26(2,3)4)33-23(20)19-10-8-7-9-18(19)21/h7-15,27H,6H2,1-5H3. The Kier molecular flexibility index (Phi) is 6.03. The van der Waals surface area contributed by atoms with Crippen molar-refractivity contribution in [3.8, 4) is 5.75 Å². The summed E-state index contributed by atoms with van der Waals surface area (Å²) in [5.74, 6) is 0.523. The zero-order valence-electron chi connectivity index (χ0n) is 19.8. The van der Waals surface area contributed by atoms with Gasteiger partial charge in [-0.05, 0) is 37.3 Å². The molecule has 0 aliphatic heterocycles. The number of nitrogens with one attached hydrogen (secondary N) is 1. The summed E-state index contributed by atoms with van der Waals surface area (Å²) in [4.78, 5) is 12.9. The van der Waals surface area contributed by atoms with Crippen molar-refractivity contribution in [2.24, 2.45) is 0 Å². The molecular formula is C26H27NO6S. The minimum absolute atomic E-state index is 0.0934. The Labute approximate surface area is 198 Å². The van der Waals surface area contributed by atoms with E-state index < -0.39 is 21.4 Å². The normalized spacial score (nSPS) is 12.1. The summed E-state index contributed by atoms with van der Waals surface area (Å²) < 4.78 is 45.8. The number of carbonyl (C=O) groups excluding carboxylic acids is 1. The number of hydrogen-bond acceptors (Lipinski definition) is 6. The van der Waals surface area contributed by atoms with Gasteiger partial charge in [0.05, 0.1) is 24.3 Å². The van der Waals surface area contributed by atoms with E-state index in [1.165, 1.54) is 19.2 Å². The van der Waals surface area contributed by atoms with Gasteiger partial charge in [-0.1, -0.05) is 45.0 Å². The highest BCUT2D eigenvalue weighted by Gasteiger charge is 2.31. The van der Waals surface area contributed by atoms with Gasteiger partial charge in [0.25, 0.3) is 10.0 Å². The molecule has 0 bridgehead atoms. The number of carbonyl (C=O) groups is 1. The predicted octanol–water partition coefficient (Wildman–Crippen LogP) is 5.87. The number of benzene rings is 3. The number of fused-ring (bicyclic) bond motifs is 3. The quantitative estimate of drug-likeness (QED) is 0.346. The van der Waals surface area contributed by atoms with Crippen molar-refractivity contribution in [1.29, 1.82) is 0 Å². The second kappa shape index (κ2) is 8.68. The number of ether oxygens (including phenoxy) is 2. The Morgan fingerprint density at radius 1 is 1.00 bits per heavy atom. The number of furan rings is 1. The molecular weight excluding hydrogens is 454 g/mol. The van der Waals surface area contributed by atoms with Crippen LogP contribution in [0.3, 0.4) is 0 Å². The topological polar surface area (TPSA) is 94.8 Å². The van der Waals surface area contributed by atoms with E-state index >= 15 is 0 Å². The van der Waals surface area contributed by atoms with Crippen molar-refractivity contribution in [3.05, 3.63) is 65.9 Å². The summed E-state index contributed by atoms with van der Waals surface area (Å²) in [6.45, 7) is 8.16. The number of sulfonamides is 1. The van der Waals surface area contributed by atoms with Crippen molar-refractivity contribution < 1.29 is 27.1 Å². The van der Waals surface area contributed by atoms with Gasteiger partial charge < -0.3 is 13.9 Å². The lowest BCUT2D eigenvalue weighted by molar-refractivity contribution is 0.0598. The summed E-state index contributed by atoms with van der Waals surface area (Å²) in [6, 6.07) is 15.1. The summed E-state index contributed by atoms with van der Waals surface area (Å²) in [5, 5.41) is 1.82. The van der Waals surface area contributed by atoms with Crippen LogP contribution in [0.4, 0.5) is 5.69 Å². The van der Waals surface area contributed by atoms with Gasteiger partial charge in [-0.2, -0.15) is 0 Å². The molecule has 1 aromatic heterocycles. The first-order chi connectivity index (χ1) is 16.1. The molecule has 0 aliphatic rings. The highest BCUT2D eigenvalue weighted by molar-refractivity contribution is 7.92. The molecule has 0 spiro atoms. The molecule has 0 amide bonds. The predicted molar refractivity (Wildman–Crippen MR) is 132 cm³/mol. The average molecular weight is 482 g/mol. The molecule has 0 atom stereocenters. The largest absolute Gasteiger partial charge is 0.494 e. The maximum atomic E-state index is 13.2. The van der Waals surface area contributed by atoms with E-state index in [1.54, 1.807) is 18.2 Å². The second-order valence-corrected chi connectivity index (χ2v) is 10.6. The minimum Gasteiger partial charge on any atom is -0.494 e. The van der Waals surface area contributed by atoms with Crippen LogP contribution in [0.25, 0.3) is 21.7 Å². The molecule has 34 heavy (non-hydrogen) atoms. The molecule has 7 nitrogen and oxygen atoms in total. The summed E-state index contributed by atoms with van der Waals surface area (Å²) in [5.41, 5.74) is 0.650. The second-order valence-electron chi connectivity index (χ2n) is 8.90. The van der Waals surface area contributed by atoms with Crippen molar-refractivity contribution in [2.45, 2.75) is 38.0 Å². The molecule has 1 heterocycles. The van der Waals surface area contributed by atoms with Crippen LogP contribution in [0.5, 0.6) is 5.75 Å². The first-order valence-corrected chi connectivity index (χ1v) is 12.4. The lowest BCUT2D eigenvalue weighted by atomic mass is 9.89. The van der Waals surface area contributed by atoms with Crippen LogP contribution in [0.15, 0.2) is 63.9 Å². The highest BCUT2D eigenvalue weighted by Crippen LogP contribution is 2.41. The third-order valence-electron chi connectivity index (χ3n) is 5.46. The van der Waals surface area contributed by atoms with Crippen molar-refractivity contribution in [1.82, 2.24) is 0 Å². The van der Waals surface area contributed by atoms with Crippen LogP contribution < -0.4 is 9.46 Å². The average Bonchev–Trinajstić information content (AvgIpc) is 3.19. The number of anilines is 1. The van der Waals surface area contributed by atoms with E-state index in [0.29, 0.717) is 45.5 Å². The lowest BCUT2D eigenvalue weighted by Crippen LogP contribution is -2.16. The van der Waals surface area contributed by atoms with E-state index in [9.17, 15) is 13.2 Å². The summed E-state index contributed by atoms with van der Waals surface area (Å²) in [6.07, 6.45) is 0. The van der Waals surface area contributed by atoms with Gasteiger partial charge in [-0.15, -0.1) is 0 Å². The van der Waals surface area contributed by atoms with Gasteiger partial charge in [0.15, 0.2) is 0 Å². The zero-order valence-corrected chi connectivity index (χ0v) is 20.6. The van der Waals surface area contributed by atoms with Gasteiger partial charge in [-0.25, -0.2) is 13.2 Å². The van der Waals surface area contributed by atoms with Crippen LogP contribution in [0, 0.1) is 0 Å². The Hall–Kier alpha value is -3.52. The number of hydrogen-bond donors (Lipinski definition) is 1. The lowest BCUT2D eigenvalue weighted by Gasteiger charge is -2.16. The zero-order chi connectivity index (χ0) is 24.7. The third-order valence-corrected chi connectivity index (χ3v) is 6.84. The molecule has 0 unspecified atom stereocenters. The molecule has 3 aromatic carbocycles. The van der Waals surface area contributed by atoms with E-state index in [-0.39, 0.29) is 10.5 Å². The van der Waals surface area contributed by atoms with Crippen LogP contribution in [-0.2, 0) is 20.2 Å². The molecule has 1 N–H and O–H groups in total. The fourth-order valence-electron chi connectivity index (χ4n) is 3.92. The molecule has 4 rings (SSSR count).